The maximum atomic E-state index is 14.5. The summed E-state index contributed by atoms with van der Waals surface area (Å²) in [7, 11) is 0. The van der Waals surface area contributed by atoms with Crippen LogP contribution in [0.25, 0.3) is 11.0 Å². The van der Waals surface area contributed by atoms with E-state index in [1.54, 1.807) is 43.6 Å². The number of allylic oxidation sites excluding steroid dienone is 1. The number of carbonyl (C=O) groups excluding carboxylic acids is 1. The van der Waals surface area contributed by atoms with Gasteiger partial charge >= 0.3 is 5.97 Å². The summed E-state index contributed by atoms with van der Waals surface area (Å²) < 4.78 is 20.4. The number of aromatic nitrogens is 2. The minimum absolute atomic E-state index is 0.00326. The Balaban J connectivity index is 1.36. The number of fused-ring (bicyclic) bond motifs is 5. The summed E-state index contributed by atoms with van der Waals surface area (Å²) in [6, 6.07) is 12.1. The van der Waals surface area contributed by atoms with E-state index < -0.39 is 47.1 Å². The number of phenolic OH excluding ortho intramolecular Hbond substituents is 2. The molecule has 0 radical (unpaired) electrons. The number of carbonyl (C=O) groups is 1. The average molecular weight is 815 g/mol. The molecular formula is C47H50N4O9. The van der Waals surface area contributed by atoms with Crippen molar-refractivity contribution >= 4 is 28.6 Å². The second-order valence-corrected chi connectivity index (χ2v) is 17.2. The van der Waals surface area contributed by atoms with Gasteiger partial charge in [0.05, 0.1) is 11.2 Å². The van der Waals surface area contributed by atoms with Crippen LogP contribution in [-0.2, 0) is 41.8 Å². The zero-order chi connectivity index (χ0) is 42.1. The third-order valence-corrected chi connectivity index (χ3v) is 13.8. The van der Waals surface area contributed by atoms with Crippen molar-refractivity contribution in [3.63, 3.8) is 0 Å². The average Bonchev–Trinajstić information content (AvgIpc) is 3.68. The molecule has 0 saturated heterocycles. The molecule has 13 heteroatoms. The molecule has 5 atom stereocenters. The molecule has 1 saturated carbocycles. The number of aliphatic hydroxyl groups excluding tert-OH is 1. The van der Waals surface area contributed by atoms with Gasteiger partial charge in [0.1, 0.15) is 63.9 Å². The van der Waals surface area contributed by atoms with Crippen molar-refractivity contribution in [3.8, 4) is 17.2 Å². The van der Waals surface area contributed by atoms with Crippen LogP contribution in [-0.4, -0.2) is 53.7 Å². The minimum atomic E-state index is -1.34. The molecule has 1 fully saturated rings. The van der Waals surface area contributed by atoms with E-state index in [9.17, 15) is 30.0 Å². The lowest BCUT2D eigenvalue weighted by molar-refractivity contribution is -0.167. The van der Waals surface area contributed by atoms with Crippen molar-refractivity contribution in [2.45, 2.75) is 114 Å². The van der Waals surface area contributed by atoms with Crippen molar-refractivity contribution in [2.24, 2.45) is 5.92 Å². The number of phenols is 2. The van der Waals surface area contributed by atoms with Crippen molar-refractivity contribution < 1.29 is 39.1 Å². The highest BCUT2D eigenvalue weighted by Crippen LogP contribution is 2.56. The van der Waals surface area contributed by atoms with Crippen LogP contribution in [0.15, 0.2) is 75.7 Å². The maximum absolute atomic E-state index is 14.5. The minimum Gasteiger partial charge on any atom is -0.508 e. The first-order chi connectivity index (χ1) is 28.8. The van der Waals surface area contributed by atoms with Gasteiger partial charge in [-0.1, -0.05) is 31.1 Å². The Morgan fingerprint density at radius 1 is 1.03 bits per heavy atom. The predicted molar refractivity (Wildman–Crippen MR) is 224 cm³/mol. The van der Waals surface area contributed by atoms with E-state index in [1.165, 1.54) is 0 Å². The Labute approximate surface area is 346 Å². The van der Waals surface area contributed by atoms with Crippen LogP contribution >= 0.6 is 0 Å². The van der Waals surface area contributed by atoms with Crippen LogP contribution in [0.3, 0.4) is 0 Å². The number of rotatable bonds is 6. The summed E-state index contributed by atoms with van der Waals surface area (Å²) in [5.41, 5.74) is 15.1. The highest BCUT2D eigenvalue weighted by molar-refractivity contribution is 5.93. The van der Waals surface area contributed by atoms with Gasteiger partial charge < -0.3 is 45.8 Å². The zero-order valence-corrected chi connectivity index (χ0v) is 33.7. The molecule has 0 amide bonds. The van der Waals surface area contributed by atoms with Gasteiger partial charge in [0.2, 0.25) is 0 Å². The molecule has 312 valence electrons. The van der Waals surface area contributed by atoms with E-state index in [0.717, 1.165) is 46.7 Å². The number of nitrogens with two attached hydrogens (primary N) is 2. The summed E-state index contributed by atoms with van der Waals surface area (Å²) in [4.78, 5) is 37.6. The normalized spacial score (nSPS) is 24.4. The first-order valence-corrected chi connectivity index (χ1v) is 20.8. The number of aryl methyl sites for hydroxylation is 1. The molecule has 0 spiro atoms. The van der Waals surface area contributed by atoms with Crippen molar-refractivity contribution in [2.75, 3.05) is 11.5 Å². The fourth-order valence-corrected chi connectivity index (χ4v) is 10.7. The summed E-state index contributed by atoms with van der Waals surface area (Å²) in [6.45, 7) is 3.06. The van der Waals surface area contributed by atoms with E-state index in [0.29, 0.717) is 62.1 Å². The van der Waals surface area contributed by atoms with E-state index in [1.807, 2.05) is 25.1 Å². The number of benzene rings is 2. The Morgan fingerprint density at radius 2 is 1.83 bits per heavy atom. The highest BCUT2D eigenvalue weighted by Gasteiger charge is 2.54. The molecule has 5 unspecified atom stereocenters. The van der Waals surface area contributed by atoms with Crippen molar-refractivity contribution in [3.05, 3.63) is 121 Å². The SMILES string of the molecule is CC=C(C(=O)OC1Cc2c3c(c4oc(CO)cc(=O)c4c2O)C2Cc4cc(O)ccc4CCC(CC(Cc4ccc(N)nc4)C1(C)O3)c1c2ccnc1N)C1(O)CCCC1. The van der Waals surface area contributed by atoms with Crippen molar-refractivity contribution in [1.29, 1.82) is 0 Å². The molecule has 4 bridgehead atoms. The van der Waals surface area contributed by atoms with Gasteiger partial charge in [0.15, 0.2) is 5.43 Å². The molecule has 2 aliphatic carbocycles. The second kappa shape index (κ2) is 15.0. The third kappa shape index (κ3) is 6.55. The standard InChI is InChI=1S/C47H50N4O9/c1-3-34(47(57)13-4-5-14-47)45(56)59-36-21-33-41(55)40-35(54)20-30(23-52)58-43(40)39-32-19-27-18-29(53)10-9-25(27)7-8-26(38-31(32)12-15-50-44(38)49)17-28(46(36,2)60-42(33)39)16-24-6-11-37(48)51-22-24/h3,6,9-12,15,18,20,22,26,28,32,36,52-53,55,57H,4-5,7-8,13-14,16-17,19,21,23H2,1-2H3,(H2,48,51)(H2,49,50). The van der Waals surface area contributed by atoms with Crippen LogP contribution in [0.1, 0.15) is 109 Å². The summed E-state index contributed by atoms with van der Waals surface area (Å²) >= 11 is 0. The van der Waals surface area contributed by atoms with Gasteiger partial charge in [-0.15, -0.1) is 0 Å². The maximum Gasteiger partial charge on any atom is 0.337 e. The van der Waals surface area contributed by atoms with Crippen LogP contribution in [0.2, 0.25) is 0 Å². The van der Waals surface area contributed by atoms with Crippen LogP contribution in [0, 0.1) is 5.92 Å². The largest absolute Gasteiger partial charge is 0.508 e. The molecule has 60 heavy (non-hydrogen) atoms. The van der Waals surface area contributed by atoms with E-state index in [2.05, 4.69) is 9.97 Å². The van der Waals surface area contributed by atoms with Crippen LogP contribution in [0.4, 0.5) is 11.6 Å². The molecular weight excluding hydrogens is 765 g/mol. The Bertz CT molecular complexity index is 2620. The first-order valence-electron chi connectivity index (χ1n) is 20.8. The van der Waals surface area contributed by atoms with Crippen LogP contribution in [0.5, 0.6) is 17.2 Å². The fraction of sp³-hybridized carbons (Fsp3) is 0.404. The fourth-order valence-electron chi connectivity index (χ4n) is 10.7. The molecule has 5 heterocycles. The number of aliphatic hydroxyl groups is 2. The second-order valence-electron chi connectivity index (χ2n) is 17.2. The molecule has 8 N–H and O–H groups in total. The Morgan fingerprint density at radius 3 is 2.57 bits per heavy atom. The lowest BCUT2D eigenvalue weighted by Gasteiger charge is -2.49. The van der Waals surface area contributed by atoms with E-state index in [-0.39, 0.29) is 57.5 Å². The van der Waals surface area contributed by atoms with Gasteiger partial charge in [-0.05, 0) is 111 Å². The number of aromatic hydroxyl groups is 2. The van der Waals surface area contributed by atoms with Crippen LogP contribution < -0.4 is 21.6 Å². The number of ether oxygens (including phenoxy) is 2. The molecule has 13 nitrogen and oxygen atoms in total. The lowest BCUT2D eigenvalue weighted by atomic mass is 9.68. The lowest BCUT2D eigenvalue weighted by Crippen LogP contribution is -2.57. The molecule has 2 aromatic carbocycles. The first kappa shape index (κ1) is 39.5. The van der Waals surface area contributed by atoms with E-state index in [4.69, 9.17) is 25.4 Å². The quantitative estimate of drug-likeness (QED) is 0.0834. The molecule has 3 aromatic heterocycles. The molecule has 2 aliphatic heterocycles. The van der Waals surface area contributed by atoms with Gasteiger partial charge in [0, 0.05) is 53.4 Å². The van der Waals surface area contributed by atoms with E-state index >= 15 is 0 Å². The predicted octanol–water partition coefficient (Wildman–Crippen LogP) is 6.17. The number of nitrogens with zero attached hydrogens (tertiary/aromatic N) is 2. The number of pyridine rings is 2. The Hall–Kier alpha value is -5.92. The monoisotopic (exact) mass is 814 g/mol. The molecule has 4 aliphatic rings. The highest BCUT2D eigenvalue weighted by atomic mass is 16.6. The summed E-state index contributed by atoms with van der Waals surface area (Å²) in [6.07, 6.45) is 8.80. The number of nitrogen functional groups attached to an aromatic ring is 2. The van der Waals surface area contributed by atoms with Gasteiger partial charge in [-0.2, -0.15) is 0 Å². The molecule has 9 rings (SSSR count). The Kier molecular flexibility index (Phi) is 9.86. The summed E-state index contributed by atoms with van der Waals surface area (Å²) in [5.74, 6) is -1.27. The third-order valence-electron chi connectivity index (χ3n) is 13.8. The molecule has 5 aromatic rings. The zero-order valence-electron chi connectivity index (χ0n) is 33.7. The smallest absolute Gasteiger partial charge is 0.337 e. The van der Waals surface area contributed by atoms with Gasteiger partial charge in [-0.25, -0.2) is 14.8 Å². The topological polar surface area (TPSA) is 224 Å². The van der Waals surface area contributed by atoms with Gasteiger partial charge in [-0.3, -0.25) is 4.79 Å². The number of hydrogen-bond donors (Lipinski definition) is 6. The number of hydrogen-bond acceptors (Lipinski definition) is 13. The summed E-state index contributed by atoms with van der Waals surface area (Å²) in [5, 5.41) is 45.0. The van der Waals surface area contributed by atoms with Gasteiger partial charge in [0.25, 0.3) is 0 Å². The number of esters is 1. The van der Waals surface area contributed by atoms with Crippen molar-refractivity contribution in [1.82, 2.24) is 9.97 Å². The number of anilines is 2.